The minimum absolute atomic E-state index is 0.0487. The fourth-order valence-corrected chi connectivity index (χ4v) is 2.85. The lowest BCUT2D eigenvalue weighted by Crippen LogP contribution is -2.30. The van der Waals surface area contributed by atoms with E-state index < -0.39 is 0 Å². The number of carbonyl (C=O) groups is 1. The van der Waals surface area contributed by atoms with Gasteiger partial charge in [0.2, 0.25) is 0 Å². The minimum atomic E-state index is -0.0487. The van der Waals surface area contributed by atoms with Crippen LogP contribution in [-0.4, -0.2) is 27.5 Å². The summed E-state index contributed by atoms with van der Waals surface area (Å²) in [5.41, 5.74) is 1.50. The van der Waals surface area contributed by atoms with Crippen LogP contribution >= 0.6 is 0 Å². The lowest BCUT2D eigenvalue weighted by molar-refractivity contribution is 0.0725. The molecule has 0 aromatic carbocycles. The third kappa shape index (κ3) is 2.82. The Morgan fingerprint density at radius 2 is 2.43 bits per heavy atom. The summed E-state index contributed by atoms with van der Waals surface area (Å²) < 4.78 is 5.22. The van der Waals surface area contributed by atoms with Gasteiger partial charge in [0.15, 0.2) is 5.69 Å². The van der Waals surface area contributed by atoms with Crippen LogP contribution < -0.4 is 0 Å². The normalized spacial score (nSPS) is 18.1. The van der Waals surface area contributed by atoms with Crippen molar-refractivity contribution < 1.29 is 9.32 Å². The number of pyridine rings is 1. The molecule has 5 heteroatoms. The number of carbonyl (C=O) groups excluding carboxylic acids is 1. The van der Waals surface area contributed by atoms with Crippen LogP contribution in [0.1, 0.15) is 54.0 Å². The second kappa shape index (κ2) is 6.08. The first-order chi connectivity index (χ1) is 10.3. The molecule has 110 valence electrons. The van der Waals surface area contributed by atoms with Gasteiger partial charge in [-0.25, -0.2) is 0 Å². The second-order valence-corrected chi connectivity index (χ2v) is 5.37. The van der Waals surface area contributed by atoms with Crippen molar-refractivity contribution >= 4 is 5.91 Å². The third-order valence-electron chi connectivity index (χ3n) is 3.86. The smallest absolute Gasteiger partial charge is 0.276 e. The Kier molecular flexibility index (Phi) is 3.99. The number of likely N-dealkylation sites (tertiary alicyclic amines) is 1. The van der Waals surface area contributed by atoms with Gasteiger partial charge in [-0.3, -0.25) is 9.78 Å². The van der Waals surface area contributed by atoms with Gasteiger partial charge in [-0.1, -0.05) is 18.1 Å². The number of aryl methyl sites for hydroxylation is 1. The summed E-state index contributed by atoms with van der Waals surface area (Å²) in [6.45, 7) is 2.83. The van der Waals surface area contributed by atoms with Gasteiger partial charge in [0.25, 0.3) is 5.91 Å². The monoisotopic (exact) mass is 285 g/mol. The topological polar surface area (TPSA) is 59.2 Å². The zero-order valence-corrected chi connectivity index (χ0v) is 12.2. The van der Waals surface area contributed by atoms with Crippen LogP contribution in [0.3, 0.4) is 0 Å². The van der Waals surface area contributed by atoms with Crippen molar-refractivity contribution in [2.24, 2.45) is 0 Å². The Morgan fingerprint density at radius 3 is 3.19 bits per heavy atom. The van der Waals surface area contributed by atoms with Gasteiger partial charge in [-0.05, 0) is 30.9 Å². The molecule has 0 radical (unpaired) electrons. The average molecular weight is 285 g/mol. The zero-order valence-electron chi connectivity index (χ0n) is 12.2. The Bertz CT molecular complexity index is 609. The summed E-state index contributed by atoms with van der Waals surface area (Å²) in [5.74, 6) is 0.727. The van der Waals surface area contributed by atoms with Gasteiger partial charge < -0.3 is 9.42 Å². The van der Waals surface area contributed by atoms with Gasteiger partial charge in [-0.2, -0.15) is 0 Å². The van der Waals surface area contributed by atoms with Crippen molar-refractivity contribution in [1.82, 2.24) is 15.0 Å². The van der Waals surface area contributed by atoms with Crippen molar-refractivity contribution in [1.29, 1.82) is 0 Å². The summed E-state index contributed by atoms with van der Waals surface area (Å²) in [6, 6.07) is 5.79. The minimum Gasteiger partial charge on any atom is -0.361 e. The molecule has 5 nitrogen and oxygen atoms in total. The van der Waals surface area contributed by atoms with E-state index in [-0.39, 0.29) is 11.9 Å². The van der Waals surface area contributed by atoms with Crippen LogP contribution in [0.5, 0.6) is 0 Å². The first-order valence-electron chi connectivity index (χ1n) is 7.46. The van der Waals surface area contributed by atoms with E-state index in [2.05, 4.69) is 17.1 Å². The molecule has 1 atom stereocenters. The van der Waals surface area contributed by atoms with Gasteiger partial charge in [-0.15, -0.1) is 0 Å². The quantitative estimate of drug-likeness (QED) is 0.866. The summed E-state index contributed by atoms with van der Waals surface area (Å²) >= 11 is 0. The summed E-state index contributed by atoms with van der Waals surface area (Å²) in [5, 5.41) is 3.93. The molecular weight excluding hydrogens is 266 g/mol. The second-order valence-electron chi connectivity index (χ2n) is 5.37. The van der Waals surface area contributed by atoms with Gasteiger partial charge in [0.05, 0.1) is 6.04 Å². The lowest BCUT2D eigenvalue weighted by Gasteiger charge is -2.23. The van der Waals surface area contributed by atoms with E-state index in [9.17, 15) is 4.79 Å². The van der Waals surface area contributed by atoms with Crippen LogP contribution in [0, 0.1) is 0 Å². The maximum Gasteiger partial charge on any atom is 0.276 e. The van der Waals surface area contributed by atoms with Crippen LogP contribution in [0.4, 0.5) is 0 Å². The number of aromatic nitrogens is 2. The maximum absolute atomic E-state index is 12.6. The van der Waals surface area contributed by atoms with E-state index in [4.69, 9.17) is 4.52 Å². The number of nitrogens with zero attached hydrogens (tertiary/aromatic N) is 3. The van der Waals surface area contributed by atoms with E-state index in [0.29, 0.717) is 5.69 Å². The maximum atomic E-state index is 12.6. The standard InChI is InChI=1S/C16H19N3O2/c1-2-5-13-10-14(18-21-13)16(20)19-9-4-7-15(19)12-6-3-8-17-11-12/h3,6,8,10-11,15H,2,4-5,7,9H2,1H3/t15-/m1/s1. The molecule has 1 aliphatic rings. The Morgan fingerprint density at radius 1 is 1.52 bits per heavy atom. The highest BCUT2D eigenvalue weighted by Gasteiger charge is 2.32. The van der Waals surface area contributed by atoms with Crippen LogP contribution in [0.15, 0.2) is 35.1 Å². The molecule has 1 amide bonds. The summed E-state index contributed by atoms with van der Waals surface area (Å²) in [4.78, 5) is 18.7. The number of amides is 1. The first-order valence-corrected chi connectivity index (χ1v) is 7.46. The molecule has 2 aromatic heterocycles. The molecule has 21 heavy (non-hydrogen) atoms. The van der Waals surface area contributed by atoms with Gasteiger partial charge in [0.1, 0.15) is 5.76 Å². The van der Waals surface area contributed by atoms with E-state index in [1.807, 2.05) is 23.2 Å². The molecule has 0 unspecified atom stereocenters. The third-order valence-corrected chi connectivity index (χ3v) is 3.86. The van der Waals surface area contributed by atoms with Crippen molar-refractivity contribution in [2.75, 3.05) is 6.54 Å². The number of rotatable bonds is 4. The molecule has 0 bridgehead atoms. The van der Waals surface area contributed by atoms with E-state index in [1.54, 1.807) is 12.3 Å². The molecule has 1 aliphatic heterocycles. The van der Waals surface area contributed by atoms with Crippen LogP contribution in [0.25, 0.3) is 0 Å². The fraction of sp³-hybridized carbons (Fsp3) is 0.438. The zero-order chi connectivity index (χ0) is 14.7. The summed E-state index contributed by atoms with van der Waals surface area (Å²) in [6.07, 6.45) is 7.35. The highest BCUT2D eigenvalue weighted by molar-refractivity contribution is 5.92. The molecular formula is C16H19N3O2. The summed E-state index contributed by atoms with van der Waals surface area (Å²) in [7, 11) is 0. The van der Waals surface area contributed by atoms with Crippen LogP contribution in [0.2, 0.25) is 0 Å². The van der Waals surface area contributed by atoms with E-state index >= 15 is 0 Å². The average Bonchev–Trinajstić information content (AvgIpc) is 3.17. The first kappa shape index (κ1) is 13.8. The van der Waals surface area contributed by atoms with Crippen molar-refractivity contribution in [3.05, 3.63) is 47.6 Å². The predicted octanol–water partition coefficient (Wildman–Crippen LogP) is 3.00. The Labute approximate surface area is 124 Å². The molecule has 0 saturated carbocycles. The Hall–Kier alpha value is -2.17. The van der Waals surface area contributed by atoms with E-state index in [1.165, 1.54) is 0 Å². The molecule has 2 aromatic rings. The van der Waals surface area contributed by atoms with Crippen molar-refractivity contribution in [3.63, 3.8) is 0 Å². The fourth-order valence-electron chi connectivity index (χ4n) is 2.85. The molecule has 1 saturated heterocycles. The highest BCUT2D eigenvalue weighted by atomic mass is 16.5. The molecule has 0 N–H and O–H groups in total. The number of hydrogen-bond acceptors (Lipinski definition) is 4. The highest BCUT2D eigenvalue weighted by Crippen LogP contribution is 2.32. The van der Waals surface area contributed by atoms with Crippen molar-refractivity contribution in [3.8, 4) is 0 Å². The molecule has 3 heterocycles. The SMILES string of the molecule is CCCc1cc(C(=O)N2CCC[C@@H]2c2cccnc2)no1. The molecule has 3 rings (SSSR count). The van der Waals surface area contributed by atoms with Gasteiger partial charge in [0, 0.05) is 31.4 Å². The molecule has 0 aliphatic carbocycles. The molecule has 1 fully saturated rings. The predicted molar refractivity (Wildman–Crippen MR) is 77.7 cm³/mol. The largest absolute Gasteiger partial charge is 0.361 e. The Balaban J connectivity index is 1.79. The van der Waals surface area contributed by atoms with Crippen molar-refractivity contribution in [2.45, 2.75) is 38.6 Å². The van der Waals surface area contributed by atoms with Gasteiger partial charge >= 0.3 is 0 Å². The molecule has 0 spiro atoms. The van der Waals surface area contributed by atoms with Crippen LogP contribution in [-0.2, 0) is 6.42 Å². The van der Waals surface area contributed by atoms with E-state index in [0.717, 1.165) is 43.6 Å². The lowest BCUT2D eigenvalue weighted by atomic mass is 10.1. The number of hydrogen-bond donors (Lipinski definition) is 0.